The molecule has 3 rings (SSSR count). The third-order valence-electron chi connectivity index (χ3n) is 4.33. The van der Waals surface area contributed by atoms with Crippen molar-refractivity contribution in [3.63, 3.8) is 0 Å². The number of nitrogens with one attached hydrogen (secondary N) is 2. The van der Waals surface area contributed by atoms with Gasteiger partial charge in [0.05, 0.1) is 0 Å². The fourth-order valence-corrected chi connectivity index (χ4v) is 2.92. The Morgan fingerprint density at radius 2 is 1.89 bits per heavy atom. The van der Waals surface area contributed by atoms with Crippen LogP contribution in [0.3, 0.4) is 0 Å². The predicted molar refractivity (Wildman–Crippen MR) is 101 cm³/mol. The Labute approximate surface area is 162 Å². The zero-order valence-electron chi connectivity index (χ0n) is 15.3. The summed E-state index contributed by atoms with van der Waals surface area (Å²) in [5.74, 6) is -0.478. The Kier molecular flexibility index (Phi) is 6.56. The molecule has 0 aliphatic carbocycles. The molecule has 1 atom stereocenters. The molecule has 28 heavy (non-hydrogen) atoms. The van der Waals surface area contributed by atoms with Crippen LogP contribution in [0.2, 0.25) is 0 Å². The molecular weight excluding hydrogens is 360 g/mol. The first-order valence-corrected chi connectivity index (χ1v) is 9.06. The molecule has 2 N–H and O–H groups in total. The maximum Gasteiger partial charge on any atom is 0.407 e. The minimum Gasteiger partial charge on any atom is -0.445 e. The number of pyridine rings is 1. The van der Waals surface area contributed by atoms with Crippen molar-refractivity contribution in [1.29, 1.82) is 0 Å². The summed E-state index contributed by atoms with van der Waals surface area (Å²) in [5, 5.41) is 5.24. The molecule has 1 fully saturated rings. The lowest BCUT2D eigenvalue weighted by Gasteiger charge is -2.16. The second kappa shape index (κ2) is 9.50. The Morgan fingerprint density at radius 1 is 1.11 bits per heavy atom. The summed E-state index contributed by atoms with van der Waals surface area (Å²) in [7, 11) is 0. The zero-order valence-corrected chi connectivity index (χ0v) is 15.3. The number of hydrogen-bond donors (Lipinski definition) is 2. The normalized spacial score (nSPS) is 15.7. The van der Waals surface area contributed by atoms with Gasteiger partial charge in [-0.25, -0.2) is 4.79 Å². The predicted octanol–water partition coefficient (Wildman–Crippen LogP) is 1.34. The van der Waals surface area contributed by atoms with Crippen molar-refractivity contribution in [3.05, 3.63) is 66.0 Å². The molecule has 0 saturated carbocycles. The molecule has 1 aliphatic heterocycles. The average molecular weight is 382 g/mol. The van der Waals surface area contributed by atoms with Gasteiger partial charge in [-0.2, -0.15) is 0 Å². The number of rotatable bonds is 6. The van der Waals surface area contributed by atoms with Gasteiger partial charge < -0.3 is 20.3 Å². The summed E-state index contributed by atoms with van der Waals surface area (Å²) in [4.78, 5) is 41.8. The van der Waals surface area contributed by atoms with E-state index in [9.17, 15) is 14.4 Å². The first-order chi connectivity index (χ1) is 13.6. The summed E-state index contributed by atoms with van der Waals surface area (Å²) >= 11 is 0. The third kappa shape index (κ3) is 5.54. The van der Waals surface area contributed by atoms with E-state index < -0.39 is 6.09 Å². The number of hydrogen-bond acceptors (Lipinski definition) is 5. The number of likely N-dealkylation sites (tertiary alicyclic amines) is 1. The van der Waals surface area contributed by atoms with Gasteiger partial charge in [0.15, 0.2) is 0 Å². The van der Waals surface area contributed by atoms with Crippen LogP contribution in [0.25, 0.3) is 0 Å². The maximum atomic E-state index is 12.4. The summed E-state index contributed by atoms with van der Waals surface area (Å²) in [5.41, 5.74) is 1.25. The van der Waals surface area contributed by atoms with Gasteiger partial charge in [-0.15, -0.1) is 0 Å². The topological polar surface area (TPSA) is 101 Å². The van der Waals surface area contributed by atoms with E-state index in [2.05, 4.69) is 15.6 Å². The van der Waals surface area contributed by atoms with Crippen molar-refractivity contribution in [2.24, 2.45) is 0 Å². The molecule has 0 radical (unpaired) electrons. The quantitative estimate of drug-likeness (QED) is 0.785. The second-order valence-corrected chi connectivity index (χ2v) is 6.43. The Morgan fingerprint density at radius 3 is 2.64 bits per heavy atom. The first-order valence-electron chi connectivity index (χ1n) is 9.06. The molecule has 8 nitrogen and oxygen atoms in total. The van der Waals surface area contributed by atoms with E-state index in [0.29, 0.717) is 25.2 Å². The highest BCUT2D eigenvalue weighted by atomic mass is 16.5. The fraction of sp³-hybridized carbons (Fsp3) is 0.300. The van der Waals surface area contributed by atoms with Gasteiger partial charge >= 0.3 is 6.09 Å². The lowest BCUT2D eigenvalue weighted by Crippen LogP contribution is -2.43. The van der Waals surface area contributed by atoms with Gasteiger partial charge in [-0.05, 0) is 24.1 Å². The minimum atomic E-state index is -0.655. The van der Waals surface area contributed by atoms with Gasteiger partial charge in [-0.1, -0.05) is 36.4 Å². The molecule has 1 aromatic carbocycles. The van der Waals surface area contributed by atoms with Crippen LogP contribution >= 0.6 is 0 Å². The van der Waals surface area contributed by atoms with Gasteiger partial charge in [0.25, 0.3) is 5.91 Å². The fourth-order valence-electron chi connectivity index (χ4n) is 2.92. The van der Waals surface area contributed by atoms with E-state index in [-0.39, 0.29) is 31.0 Å². The van der Waals surface area contributed by atoms with Gasteiger partial charge in [0, 0.05) is 25.3 Å². The highest BCUT2D eigenvalue weighted by Crippen LogP contribution is 2.12. The van der Waals surface area contributed by atoms with E-state index in [0.717, 1.165) is 5.56 Å². The number of nitrogens with zero attached hydrogens (tertiary/aromatic N) is 2. The average Bonchev–Trinajstić information content (AvgIpc) is 3.20. The molecule has 2 heterocycles. The number of alkyl carbamates (subject to hydrolysis) is 1. The van der Waals surface area contributed by atoms with E-state index in [4.69, 9.17) is 4.74 Å². The number of carbonyl (C=O) groups excluding carboxylic acids is 3. The van der Waals surface area contributed by atoms with Crippen LogP contribution in [0.1, 0.15) is 22.5 Å². The van der Waals surface area contributed by atoms with E-state index >= 15 is 0 Å². The molecule has 146 valence electrons. The van der Waals surface area contributed by atoms with Crippen molar-refractivity contribution in [1.82, 2.24) is 20.5 Å². The van der Waals surface area contributed by atoms with Crippen LogP contribution in [-0.2, 0) is 16.1 Å². The molecule has 0 spiro atoms. The van der Waals surface area contributed by atoms with Gasteiger partial charge in [0.1, 0.15) is 18.8 Å². The molecule has 2 aromatic rings. The van der Waals surface area contributed by atoms with Crippen LogP contribution in [0, 0.1) is 0 Å². The highest BCUT2D eigenvalue weighted by Gasteiger charge is 2.28. The number of carbonyl (C=O) groups is 3. The SMILES string of the molecule is O=C(CNC(=O)OCc1ccccc1)NC1CCN(C(=O)c2ccccn2)C1. The second-order valence-electron chi connectivity index (χ2n) is 6.43. The van der Waals surface area contributed by atoms with Crippen LogP contribution in [0.15, 0.2) is 54.7 Å². The van der Waals surface area contributed by atoms with E-state index in [1.54, 1.807) is 29.3 Å². The van der Waals surface area contributed by atoms with Crippen molar-refractivity contribution in [2.75, 3.05) is 19.6 Å². The largest absolute Gasteiger partial charge is 0.445 e. The first kappa shape index (κ1) is 19.3. The number of benzene rings is 1. The van der Waals surface area contributed by atoms with Crippen LogP contribution in [0.5, 0.6) is 0 Å². The molecule has 0 bridgehead atoms. The van der Waals surface area contributed by atoms with E-state index in [1.807, 2.05) is 30.3 Å². The summed E-state index contributed by atoms with van der Waals surface area (Å²) in [6, 6.07) is 14.3. The molecule has 1 unspecified atom stereocenters. The molecule has 1 aliphatic rings. The highest BCUT2D eigenvalue weighted by molar-refractivity contribution is 5.92. The Hall–Kier alpha value is -3.42. The lowest BCUT2D eigenvalue weighted by molar-refractivity contribution is -0.120. The van der Waals surface area contributed by atoms with Crippen LogP contribution in [-0.4, -0.2) is 53.5 Å². The zero-order chi connectivity index (χ0) is 19.8. The summed E-state index contributed by atoms with van der Waals surface area (Å²) in [6.45, 7) is 0.923. The monoisotopic (exact) mass is 382 g/mol. The Bertz CT molecular complexity index is 813. The Balaban J connectivity index is 1.36. The lowest BCUT2D eigenvalue weighted by atomic mass is 10.2. The minimum absolute atomic E-state index is 0.140. The van der Waals surface area contributed by atoms with Crippen LogP contribution < -0.4 is 10.6 Å². The standard InChI is InChI=1S/C20H22N4O4/c25-18(12-22-20(27)28-14-15-6-2-1-3-7-15)23-16-9-11-24(13-16)19(26)17-8-4-5-10-21-17/h1-8,10,16H,9,11-14H2,(H,22,27)(H,23,25). The molecule has 1 saturated heterocycles. The molecule has 8 heteroatoms. The molecule has 1 aromatic heterocycles. The van der Waals surface area contributed by atoms with Crippen molar-refractivity contribution in [3.8, 4) is 0 Å². The van der Waals surface area contributed by atoms with Gasteiger partial charge in [0.2, 0.25) is 5.91 Å². The van der Waals surface area contributed by atoms with Crippen molar-refractivity contribution >= 4 is 17.9 Å². The van der Waals surface area contributed by atoms with Crippen molar-refractivity contribution in [2.45, 2.75) is 19.1 Å². The molecule has 3 amide bonds. The van der Waals surface area contributed by atoms with Crippen molar-refractivity contribution < 1.29 is 19.1 Å². The smallest absolute Gasteiger partial charge is 0.407 e. The number of amides is 3. The molecular formula is C20H22N4O4. The summed E-state index contributed by atoms with van der Waals surface area (Å²) in [6.07, 6.45) is 1.57. The number of aromatic nitrogens is 1. The number of ether oxygens (including phenoxy) is 1. The van der Waals surface area contributed by atoms with Crippen LogP contribution in [0.4, 0.5) is 4.79 Å². The summed E-state index contributed by atoms with van der Waals surface area (Å²) < 4.78 is 5.06. The van der Waals surface area contributed by atoms with E-state index in [1.165, 1.54) is 0 Å². The van der Waals surface area contributed by atoms with Gasteiger partial charge in [-0.3, -0.25) is 14.6 Å². The third-order valence-corrected chi connectivity index (χ3v) is 4.33. The maximum absolute atomic E-state index is 12.4.